The molecule has 0 radical (unpaired) electrons. The zero-order chi connectivity index (χ0) is 28.1. The van der Waals surface area contributed by atoms with Gasteiger partial charge in [0.15, 0.2) is 6.29 Å². The van der Waals surface area contributed by atoms with Crippen LogP contribution >= 0.6 is 0 Å². The fraction of sp³-hybridized carbons (Fsp3) is 0.786. The molecule has 0 aromatic heterocycles. The van der Waals surface area contributed by atoms with E-state index in [4.69, 9.17) is 24.4 Å². The van der Waals surface area contributed by atoms with Crippen molar-refractivity contribution in [1.29, 1.82) is 0 Å². The van der Waals surface area contributed by atoms with Crippen molar-refractivity contribution in [2.75, 3.05) is 13.2 Å². The molecule has 208 valence electrons. The first-order valence-corrected chi connectivity index (χ1v) is 11.7. The molecule has 0 saturated heterocycles. The van der Waals surface area contributed by atoms with Gasteiger partial charge in [0.05, 0.1) is 13.2 Å². The molecule has 1 amide bonds. The maximum Gasteiger partial charge on any atom is 0.397 e. The Bertz CT molecular complexity index is 862. The molecule has 0 spiro atoms. The van der Waals surface area contributed by atoms with Crippen molar-refractivity contribution >= 4 is 39.3 Å². The molecular formula is C14H27NO18S2. The van der Waals surface area contributed by atoms with Gasteiger partial charge in [0.1, 0.15) is 55.1 Å². The first-order chi connectivity index (χ1) is 15.8. The molecule has 0 bridgehead atoms. The second-order valence-electron chi connectivity index (χ2n) is 6.48. The summed E-state index contributed by atoms with van der Waals surface area (Å²) in [7, 11) is -9.84. The highest BCUT2D eigenvalue weighted by atomic mass is 32.3. The van der Waals surface area contributed by atoms with E-state index in [1.165, 1.54) is 0 Å². The third kappa shape index (κ3) is 15.8. The van der Waals surface area contributed by atoms with Crippen LogP contribution in [0.5, 0.6) is 0 Å². The normalized spacial score (nSPS) is 18.9. The molecule has 10 N–H and O–H groups in total. The standard InChI is InChI=1S/C8H15NO9S.C6H12O9S/c1-4(11)9-5(2-10)7(13)8(14)6(12)3-18-19(15,16)17;7-1-3(9)5(11)6(4(10)2-8)15-16(12,13)14/h2,5-8,12-14H,3H2,1H3,(H,9,11)(H,15,16,17);1,3-6,8-11H,2H2,(H,12,13,14)/t5-,6+,7+,8-;3-,4+,5+,6+/m00/s1. The van der Waals surface area contributed by atoms with Crippen molar-refractivity contribution in [3.63, 3.8) is 0 Å². The van der Waals surface area contributed by atoms with Gasteiger partial charge in [-0.25, -0.2) is 8.37 Å². The molecule has 0 unspecified atom stereocenters. The highest BCUT2D eigenvalue weighted by Crippen LogP contribution is 2.11. The Morgan fingerprint density at radius 1 is 0.857 bits per heavy atom. The van der Waals surface area contributed by atoms with Crippen LogP contribution in [-0.2, 0) is 43.5 Å². The zero-order valence-corrected chi connectivity index (χ0v) is 19.3. The van der Waals surface area contributed by atoms with Crippen molar-refractivity contribution in [2.24, 2.45) is 0 Å². The number of carbonyl (C=O) groups excluding carboxylic acids is 3. The van der Waals surface area contributed by atoms with E-state index >= 15 is 0 Å². The van der Waals surface area contributed by atoms with Gasteiger partial charge in [-0.2, -0.15) is 16.8 Å². The van der Waals surface area contributed by atoms with E-state index in [9.17, 15) is 51.6 Å². The molecule has 0 fully saturated rings. The molecule has 0 aliphatic heterocycles. The van der Waals surface area contributed by atoms with E-state index in [0.717, 1.165) is 6.92 Å². The summed E-state index contributed by atoms with van der Waals surface area (Å²) in [4.78, 5) is 31.4. The summed E-state index contributed by atoms with van der Waals surface area (Å²) >= 11 is 0. The number of carbonyl (C=O) groups is 3. The maximum atomic E-state index is 10.7. The van der Waals surface area contributed by atoms with Crippen LogP contribution < -0.4 is 5.32 Å². The SMILES string of the molecule is CC(=O)N[C@@H](C=O)[C@@H](O)[C@@H](O)[C@H](O)COS(=O)(=O)O.O=C[C@H](O)[C@@H](O)[C@H](OS(=O)(=O)O)[C@H](O)CO. The van der Waals surface area contributed by atoms with Gasteiger partial charge in [-0.15, -0.1) is 0 Å². The lowest BCUT2D eigenvalue weighted by Crippen LogP contribution is -2.53. The fourth-order valence-electron chi connectivity index (χ4n) is 2.00. The van der Waals surface area contributed by atoms with Crippen LogP contribution in [-0.4, -0.2) is 142 Å². The highest BCUT2D eigenvalue weighted by molar-refractivity contribution is 7.81. The molecule has 19 nitrogen and oxygen atoms in total. The molecular weight excluding hydrogens is 534 g/mol. The predicted molar refractivity (Wildman–Crippen MR) is 107 cm³/mol. The Kier molecular flexibility index (Phi) is 16.3. The van der Waals surface area contributed by atoms with Crippen molar-refractivity contribution < 1.29 is 84.4 Å². The molecule has 0 aromatic carbocycles. The zero-order valence-electron chi connectivity index (χ0n) is 17.7. The van der Waals surface area contributed by atoms with Crippen LogP contribution in [0, 0.1) is 0 Å². The number of aliphatic hydroxyl groups is 7. The number of aldehydes is 2. The molecule has 21 heteroatoms. The van der Waals surface area contributed by atoms with Gasteiger partial charge in [0.2, 0.25) is 5.91 Å². The molecule has 8 atom stereocenters. The van der Waals surface area contributed by atoms with Crippen LogP contribution in [0.15, 0.2) is 0 Å². The summed E-state index contributed by atoms with van der Waals surface area (Å²) in [5, 5.41) is 65.9. The average Bonchev–Trinajstić information content (AvgIpc) is 2.75. The first-order valence-electron chi connectivity index (χ1n) is 8.95. The van der Waals surface area contributed by atoms with Crippen molar-refractivity contribution in [3.8, 4) is 0 Å². The minimum Gasteiger partial charge on any atom is -0.394 e. The largest absolute Gasteiger partial charge is 0.397 e. The van der Waals surface area contributed by atoms with Crippen LogP contribution in [0.4, 0.5) is 0 Å². The Morgan fingerprint density at radius 2 is 1.37 bits per heavy atom. The van der Waals surface area contributed by atoms with Crippen LogP contribution in [0.1, 0.15) is 6.92 Å². The smallest absolute Gasteiger partial charge is 0.394 e. The topological polar surface area (TPSA) is 332 Å². The average molecular weight is 561 g/mol. The van der Waals surface area contributed by atoms with E-state index in [1.807, 2.05) is 5.32 Å². The Morgan fingerprint density at radius 3 is 1.71 bits per heavy atom. The minimum absolute atomic E-state index is 0.130. The van der Waals surface area contributed by atoms with E-state index < -0.39 is 88.7 Å². The lowest BCUT2D eigenvalue weighted by Gasteiger charge is -2.26. The number of aliphatic hydroxyl groups excluding tert-OH is 7. The van der Waals surface area contributed by atoms with Crippen LogP contribution in [0.25, 0.3) is 0 Å². The lowest BCUT2D eigenvalue weighted by atomic mass is 10.0. The molecule has 0 aliphatic rings. The Hall–Kier alpha value is -1.73. The summed E-state index contributed by atoms with van der Waals surface area (Å²) in [6.07, 6.45) is -13.9. The van der Waals surface area contributed by atoms with E-state index in [-0.39, 0.29) is 12.6 Å². The summed E-state index contributed by atoms with van der Waals surface area (Å²) in [5.74, 6) is -0.660. The number of nitrogens with one attached hydrogen (secondary N) is 1. The number of amides is 1. The Labute approximate surface area is 198 Å². The lowest BCUT2D eigenvalue weighted by molar-refractivity contribution is -0.133. The highest BCUT2D eigenvalue weighted by Gasteiger charge is 2.36. The second kappa shape index (κ2) is 16.1. The minimum atomic E-state index is -5.02. The third-order valence-electron chi connectivity index (χ3n) is 3.64. The third-order valence-corrected chi connectivity index (χ3v) is 4.54. The molecule has 0 rings (SSSR count). The number of rotatable bonds is 15. The Balaban J connectivity index is 0. The predicted octanol–water partition coefficient (Wildman–Crippen LogP) is -6.96. The van der Waals surface area contributed by atoms with E-state index in [0.29, 0.717) is 0 Å². The molecule has 0 saturated carbocycles. The molecule has 0 aromatic rings. The van der Waals surface area contributed by atoms with E-state index in [1.54, 1.807) is 0 Å². The van der Waals surface area contributed by atoms with Gasteiger partial charge in [-0.1, -0.05) is 0 Å². The van der Waals surface area contributed by atoms with Gasteiger partial charge in [0.25, 0.3) is 0 Å². The fourth-order valence-corrected chi connectivity index (χ4v) is 2.83. The maximum absolute atomic E-state index is 10.7. The van der Waals surface area contributed by atoms with Gasteiger partial charge in [-0.05, 0) is 0 Å². The molecule has 0 heterocycles. The van der Waals surface area contributed by atoms with Gasteiger partial charge < -0.3 is 50.7 Å². The summed E-state index contributed by atoms with van der Waals surface area (Å²) in [6, 6.07) is -1.49. The molecule has 35 heavy (non-hydrogen) atoms. The van der Waals surface area contributed by atoms with Gasteiger partial charge in [-0.3, -0.25) is 13.9 Å². The quantitative estimate of drug-likeness (QED) is 0.0655. The van der Waals surface area contributed by atoms with Crippen molar-refractivity contribution in [3.05, 3.63) is 0 Å². The van der Waals surface area contributed by atoms with Crippen molar-refractivity contribution in [1.82, 2.24) is 5.32 Å². The summed E-state index contributed by atoms with van der Waals surface area (Å²) in [6.45, 7) is -0.987. The first kappa shape index (κ1) is 35.4. The van der Waals surface area contributed by atoms with Crippen LogP contribution in [0.3, 0.4) is 0 Å². The van der Waals surface area contributed by atoms with E-state index in [2.05, 4.69) is 8.37 Å². The van der Waals surface area contributed by atoms with Crippen LogP contribution in [0.2, 0.25) is 0 Å². The van der Waals surface area contributed by atoms with Crippen molar-refractivity contribution in [2.45, 2.75) is 55.7 Å². The monoisotopic (exact) mass is 561 g/mol. The number of hydrogen-bond acceptors (Lipinski definition) is 16. The summed E-state index contributed by atoms with van der Waals surface area (Å²) < 4.78 is 65.3. The summed E-state index contributed by atoms with van der Waals surface area (Å²) in [5.41, 5.74) is 0. The van der Waals surface area contributed by atoms with Gasteiger partial charge in [0, 0.05) is 6.92 Å². The molecule has 0 aliphatic carbocycles. The van der Waals surface area contributed by atoms with Gasteiger partial charge >= 0.3 is 20.8 Å². The number of hydrogen-bond donors (Lipinski definition) is 10. The second-order valence-corrected chi connectivity index (χ2v) is 8.62.